The molecule has 4 rings (SSSR count). The van der Waals surface area contributed by atoms with Gasteiger partial charge < -0.3 is 0 Å². The lowest BCUT2D eigenvalue weighted by Crippen LogP contribution is -2.05. The Balaban J connectivity index is 1.70. The van der Waals surface area contributed by atoms with Crippen molar-refractivity contribution in [1.82, 2.24) is 14.8 Å². The maximum absolute atomic E-state index is 4.56. The molecule has 0 aliphatic heterocycles. The highest BCUT2D eigenvalue weighted by Gasteiger charge is 2.16. The van der Waals surface area contributed by atoms with Gasteiger partial charge in [-0.05, 0) is 42.2 Å². The summed E-state index contributed by atoms with van der Waals surface area (Å²) in [6.07, 6.45) is 0.757. The molecule has 0 saturated carbocycles. The molecular weight excluding hydrogens is 362 g/mol. The van der Waals surface area contributed by atoms with Crippen molar-refractivity contribution in [3.05, 3.63) is 107 Å². The van der Waals surface area contributed by atoms with Gasteiger partial charge >= 0.3 is 0 Å². The molecule has 0 amide bonds. The Morgan fingerprint density at radius 3 is 2.18 bits per heavy atom. The number of aromatic nitrogens is 3. The van der Waals surface area contributed by atoms with Gasteiger partial charge in [0.05, 0.1) is 5.69 Å². The lowest BCUT2D eigenvalue weighted by Gasteiger charge is -2.13. The van der Waals surface area contributed by atoms with Crippen LogP contribution in [0.5, 0.6) is 0 Å². The van der Waals surface area contributed by atoms with Crippen LogP contribution in [-0.4, -0.2) is 14.8 Å². The largest absolute Gasteiger partial charge is 0.273 e. The van der Waals surface area contributed by atoms with E-state index in [1.807, 2.05) is 6.07 Å². The Bertz CT molecular complexity index is 1070. The van der Waals surface area contributed by atoms with Gasteiger partial charge in [-0.25, -0.2) is 0 Å². The minimum Gasteiger partial charge on any atom is -0.273 e. The van der Waals surface area contributed by atoms with E-state index < -0.39 is 0 Å². The fourth-order valence-electron chi connectivity index (χ4n) is 3.26. The van der Waals surface area contributed by atoms with Gasteiger partial charge in [-0.15, -0.1) is 10.2 Å². The Kier molecular flexibility index (Phi) is 5.58. The normalized spacial score (nSPS) is 10.9. The van der Waals surface area contributed by atoms with Crippen LogP contribution in [0.1, 0.15) is 28.1 Å². The number of benzene rings is 3. The SMILES string of the molecule is Cc1ccccc1CSc1nnc(Cc2ccccc2)n1-c1ccccc1C. The molecule has 1 heterocycles. The van der Waals surface area contributed by atoms with E-state index in [0.717, 1.165) is 28.8 Å². The Morgan fingerprint density at radius 2 is 1.43 bits per heavy atom. The molecule has 0 saturated heterocycles. The summed E-state index contributed by atoms with van der Waals surface area (Å²) in [7, 11) is 0. The topological polar surface area (TPSA) is 30.7 Å². The molecule has 0 aliphatic rings. The predicted octanol–water partition coefficient (Wildman–Crippen LogP) is 5.77. The van der Waals surface area contributed by atoms with Crippen LogP contribution < -0.4 is 0 Å². The van der Waals surface area contributed by atoms with E-state index in [1.54, 1.807) is 11.8 Å². The zero-order valence-corrected chi connectivity index (χ0v) is 17.0. The van der Waals surface area contributed by atoms with Gasteiger partial charge in [-0.2, -0.15) is 0 Å². The third-order valence-corrected chi connectivity index (χ3v) is 5.86. The van der Waals surface area contributed by atoms with Crippen molar-refractivity contribution in [3.63, 3.8) is 0 Å². The summed E-state index contributed by atoms with van der Waals surface area (Å²) in [6.45, 7) is 4.29. The van der Waals surface area contributed by atoms with Crippen LogP contribution in [0.25, 0.3) is 5.69 Å². The third-order valence-electron chi connectivity index (χ3n) is 4.88. The van der Waals surface area contributed by atoms with Crippen LogP contribution in [0.3, 0.4) is 0 Å². The first-order chi connectivity index (χ1) is 13.7. The van der Waals surface area contributed by atoms with Crippen LogP contribution >= 0.6 is 11.8 Å². The van der Waals surface area contributed by atoms with Crippen LogP contribution in [0, 0.1) is 13.8 Å². The highest BCUT2D eigenvalue weighted by atomic mass is 32.2. The molecule has 0 radical (unpaired) electrons. The number of hydrogen-bond acceptors (Lipinski definition) is 3. The van der Waals surface area contributed by atoms with Crippen molar-refractivity contribution in [3.8, 4) is 5.69 Å². The molecule has 0 atom stereocenters. The van der Waals surface area contributed by atoms with E-state index in [9.17, 15) is 0 Å². The minimum absolute atomic E-state index is 0.757. The van der Waals surface area contributed by atoms with Crippen molar-refractivity contribution >= 4 is 11.8 Å². The van der Waals surface area contributed by atoms with Crippen LogP contribution in [0.2, 0.25) is 0 Å². The number of thioether (sulfide) groups is 1. The number of hydrogen-bond donors (Lipinski definition) is 0. The van der Waals surface area contributed by atoms with Gasteiger partial charge in [0.1, 0.15) is 5.82 Å². The summed E-state index contributed by atoms with van der Waals surface area (Å²) in [4.78, 5) is 0. The Hall–Kier alpha value is -2.85. The lowest BCUT2D eigenvalue weighted by atomic mass is 10.1. The van der Waals surface area contributed by atoms with E-state index in [4.69, 9.17) is 0 Å². The summed E-state index contributed by atoms with van der Waals surface area (Å²) in [5.74, 6) is 1.84. The first-order valence-corrected chi connectivity index (χ1v) is 10.4. The molecule has 1 aromatic heterocycles. The smallest absolute Gasteiger partial charge is 0.196 e. The maximum Gasteiger partial charge on any atom is 0.196 e. The summed E-state index contributed by atoms with van der Waals surface area (Å²) in [5, 5.41) is 10.0. The van der Waals surface area contributed by atoms with Crippen molar-refractivity contribution in [1.29, 1.82) is 0 Å². The van der Waals surface area contributed by atoms with E-state index in [-0.39, 0.29) is 0 Å². The fraction of sp³-hybridized carbons (Fsp3) is 0.167. The molecule has 3 aromatic carbocycles. The van der Waals surface area contributed by atoms with E-state index in [2.05, 4.69) is 101 Å². The van der Waals surface area contributed by atoms with Crippen molar-refractivity contribution in [2.75, 3.05) is 0 Å². The van der Waals surface area contributed by atoms with Crippen LogP contribution in [0.4, 0.5) is 0 Å². The molecular formula is C24H23N3S. The number of rotatable bonds is 6. The van der Waals surface area contributed by atoms with Crippen molar-refractivity contribution < 1.29 is 0 Å². The molecule has 0 bridgehead atoms. The van der Waals surface area contributed by atoms with Gasteiger partial charge in [0.2, 0.25) is 0 Å². The van der Waals surface area contributed by atoms with E-state index in [1.165, 1.54) is 22.3 Å². The van der Waals surface area contributed by atoms with Gasteiger partial charge in [0.15, 0.2) is 5.16 Å². The van der Waals surface area contributed by atoms with Gasteiger partial charge in [-0.3, -0.25) is 4.57 Å². The second-order valence-electron chi connectivity index (χ2n) is 6.90. The van der Waals surface area contributed by atoms with Crippen molar-refractivity contribution in [2.24, 2.45) is 0 Å². The second kappa shape index (κ2) is 8.44. The van der Waals surface area contributed by atoms with Gasteiger partial charge in [0, 0.05) is 12.2 Å². The Labute approximate surface area is 170 Å². The molecule has 0 unspecified atom stereocenters. The number of aryl methyl sites for hydroxylation is 2. The molecule has 4 aromatic rings. The molecule has 3 nitrogen and oxygen atoms in total. The highest BCUT2D eigenvalue weighted by molar-refractivity contribution is 7.98. The molecule has 28 heavy (non-hydrogen) atoms. The lowest BCUT2D eigenvalue weighted by molar-refractivity contribution is 0.841. The summed E-state index contributed by atoms with van der Waals surface area (Å²) in [6, 6.07) is 27.4. The average Bonchev–Trinajstić information content (AvgIpc) is 3.11. The minimum atomic E-state index is 0.757. The van der Waals surface area contributed by atoms with Crippen LogP contribution in [0.15, 0.2) is 84.0 Å². The molecule has 0 spiro atoms. The van der Waals surface area contributed by atoms with E-state index in [0.29, 0.717) is 0 Å². The third kappa shape index (κ3) is 4.02. The number of para-hydroxylation sites is 1. The van der Waals surface area contributed by atoms with Gasteiger partial charge in [0.25, 0.3) is 0 Å². The Morgan fingerprint density at radius 1 is 0.750 bits per heavy atom. The highest BCUT2D eigenvalue weighted by Crippen LogP contribution is 2.28. The van der Waals surface area contributed by atoms with E-state index >= 15 is 0 Å². The fourth-order valence-corrected chi connectivity index (χ4v) is 4.30. The quantitative estimate of drug-likeness (QED) is 0.395. The first-order valence-electron chi connectivity index (χ1n) is 9.44. The number of nitrogens with zero attached hydrogens (tertiary/aromatic N) is 3. The molecule has 0 N–H and O–H groups in total. The first kappa shape index (κ1) is 18.5. The summed E-state index contributed by atoms with van der Waals surface area (Å²) < 4.78 is 2.21. The molecule has 4 heteroatoms. The summed E-state index contributed by atoms with van der Waals surface area (Å²) >= 11 is 1.74. The zero-order valence-electron chi connectivity index (χ0n) is 16.2. The predicted molar refractivity (Wildman–Crippen MR) is 116 cm³/mol. The summed E-state index contributed by atoms with van der Waals surface area (Å²) in [5.41, 5.74) is 6.23. The molecule has 0 fully saturated rings. The average molecular weight is 386 g/mol. The van der Waals surface area contributed by atoms with Crippen molar-refractivity contribution in [2.45, 2.75) is 31.2 Å². The molecule has 140 valence electrons. The zero-order chi connectivity index (χ0) is 19.3. The second-order valence-corrected chi connectivity index (χ2v) is 7.84. The van der Waals surface area contributed by atoms with Crippen LogP contribution in [-0.2, 0) is 12.2 Å². The maximum atomic E-state index is 4.56. The van der Waals surface area contributed by atoms with Gasteiger partial charge in [-0.1, -0.05) is 84.6 Å². The molecule has 0 aliphatic carbocycles. The monoisotopic (exact) mass is 385 g/mol. The standard InChI is InChI=1S/C24H23N3S/c1-18-10-6-8-14-21(18)17-28-24-26-25-23(16-20-12-4-3-5-13-20)27(24)22-15-9-7-11-19(22)2/h3-15H,16-17H2,1-2H3.